The Morgan fingerprint density at radius 3 is 1.58 bits per heavy atom. The molecule has 4 aromatic carbocycles. The number of rotatable bonds is 10. The van der Waals surface area contributed by atoms with Crippen LogP contribution in [0.3, 0.4) is 0 Å². The van der Waals surface area contributed by atoms with Crippen molar-refractivity contribution < 1.29 is 9.53 Å². The smallest absolute Gasteiger partial charge is 0.309 e. The van der Waals surface area contributed by atoms with Gasteiger partial charge in [-0.1, -0.05) is 121 Å². The molecule has 0 saturated carbocycles. The highest BCUT2D eigenvalue weighted by Gasteiger charge is 2.41. The van der Waals surface area contributed by atoms with Gasteiger partial charge in [-0.15, -0.1) is 0 Å². The van der Waals surface area contributed by atoms with E-state index in [0.717, 1.165) is 32.4 Å². The van der Waals surface area contributed by atoms with E-state index in [1.807, 2.05) is 18.2 Å². The van der Waals surface area contributed by atoms with Crippen molar-refractivity contribution in [3.05, 3.63) is 144 Å². The molecule has 0 radical (unpaired) electrons. The summed E-state index contributed by atoms with van der Waals surface area (Å²) in [4.78, 5) is 15.5. The van der Waals surface area contributed by atoms with Crippen LogP contribution in [0.25, 0.3) is 0 Å². The predicted octanol–water partition coefficient (Wildman–Crippen LogP) is 6.47. The number of carbonyl (C=O) groups excluding carboxylic acids is 1. The summed E-state index contributed by atoms with van der Waals surface area (Å²) in [5, 5.41) is 0. The summed E-state index contributed by atoms with van der Waals surface area (Å²) in [6.45, 7) is 1.59. The number of hydrogen-bond donors (Lipinski definition) is 0. The Morgan fingerprint density at radius 2 is 1.08 bits per heavy atom. The number of esters is 1. The Balaban J connectivity index is 1.44. The van der Waals surface area contributed by atoms with E-state index in [4.69, 9.17) is 4.74 Å². The van der Waals surface area contributed by atoms with E-state index < -0.39 is 0 Å². The summed E-state index contributed by atoms with van der Waals surface area (Å²) < 4.78 is 6.16. The first kappa shape index (κ1) is 24.0. The van der Waals surface area contributed by atoms with Gasteiger partial charge in [-0.3, -0.25) is 9.69 Å². The van der Waals surface area contributed by atoms with Gasteiger partial charge >= 0.3 is 5.97 Å². The number of nitrogens with zero attached hydrogens (tertiary/aromatic N) is 1. The van der Waals surface area contributed by atoms with Gasteiger partial charge in [0.15, 0.2) is 0 Å². The van der Waals surface area contributed by atoms with Crippen LogP contribution in [-0.2, 0) is 35.5 Å². The quantitative estimate of drug-likeness (QED) is 0.246. The van der Waals surface area contributed by atoms with Crippen molar-refractivity contribution in [3.8, 4) is 0 Å². The number of benzene rings is 4. The molecule has 0 aliphatic carbocycles. The molecule has 1 heterocycles. The van der Waals surface area contributed by atoms with Crippen molar-refractivity contribution in [1.29, 1.82) is 0 Å². The minimum Gasteiger partial charge on any atom is -0.460 e. The molecule has 0 unspecified atom stereocenters. The summed E-state index contributed by atoms with van der Waals surface area (Å²) >= 11 is 0. The van der Waals surface area contributed by atoms with E-state index in [9.17, 15) is 4.79 Å². The molecule has 1 saturated heterocycles. The molecule has 182 valence electrons. The Labute approximate surface area is 214 Å². The zero-order valence-corrected chi connectivity index (χ0v) is 20.6. The van der Waals surface area contributed by atoms with Crippen molar-refractivity contribution in [3.63, 3.8) is 0 Å². The molecule has 3 atom stereocenters. The lowest BCUT2D eigenvalue weighted by Crippen LogP contribution is -2.44. The SMILES string of the molecule is O=C1O[C@H]([C@H](Cc2ccccc2)N(Cc2ccccc2)Cc2ccccc2)C[C@H]1Cc1ccccc1. The summed E-state index contributed by atoms with van der Waals surface area (Å²) in [6.07, 6.45) is 2.15. The molecule has 3 heteroatoms. The van der Waals surface area contributed by atoms with Gasteiger partial charge in [0.25, 0.3) is 0 Å². The van der Waals surface area contributed by atoms with Gasteiger partial charge in [0, 0.05) is 13.1 Å². The van der Waals surface area contributed by atoms with Gasteiger partial charge in [0.05, 0.1) is 12.0 Å². The van der Waals surface area contributed by atoms with Gasteiger partial charge in [-0.2, -0.15) is 0 Å². The molecule has 1 fully saturated rings. The largest absolute Gasteiger partial charge is 0.460 e. The van der Waals surface area contributed by atoms with Gasteiger partial charge in [-0.05, 0) is 41.5 Å². The van der Waals surface area contributed by atoms with Crippen molar-refractivity contribution >= 4 is 5.97 Å². The Morgan fingerprint density at radius 1 is 0.639 bits per heavy atom. The lowest BCUT2D eigenvalue weighted by Gasteiger charge is -2.35. The molecule has 1 aliphatic rings. The molecule has 0 spiro atoms. The van der Waals surface area contributed by atoms with Crippen LogP contribution in [-0.4, -0.2) is 23.0 Å². The molecule has 0 N–H and O–H groups in total. The average molecular weight is 476 g/mol. The van der Waals surface area contributed by atoms with E-state index in [-0.39, 0.29) is 24.0 Å². The highest BCUT2D eigenvalue weighted by Crippen LogP contribution is 2.31. The van der Waals surface area contributed by atoms with Gasteiger partial charge < -0.3 is 4.74 Å². The van der Waals surface area contributed by atoms with E-state index in [0.29, 0.717) is 0 Å². The topological polar surface area (TPSA) is 29.5 Å². The Kier molecular flexibility index (Phi) is 7.89. The van der Waals surface area contributed by atoms with E-state index >= 15 is 0 Å². The van der Waals surface area contributed by atoms with Crippen LogP contribution in [0, 0.1) is 5.92 Å². The van der Waals surface area contributed by atoms with E-state index in [1.165, 1.54) is 22.3 Å². The third-order valence-electron chi connectivity index (χ3n) is 7.09. The van der Waals surface area contributed by atoms with Crippen LogP contribution in [0.1, 0.15) is 28.7 Å². The molecule has 4 aromatic rings. The Hall–Kier alpha value is -3.69. The fourth-order valence-corrected chi connectivity index (χ4v) is 5.25. The zero-order valence-electron chi connectivity index (χ0n) is 20.6. The van der Waals surface area contributed by atoms with Gasteiger partial charge in [0.2, 0.25) is 0 Å². The molecule has 0 amide bonds. The van der Waals surface area contributed by atoms with Crippen LogP contribution in [0.5, 0.6) is 0 Å². The van der Waals surface area contributed by atoms with E-state index in [1.54, 1.807) is 0 Å². The molecular formula is C33H33NO2. The maximum atomic E-state index is 13.0. The first-order valence-electron chi connectivity index (χ1n) is 12.8. The lowest BCUT2D eigenvalue weighted by molar-refractivity contribution is -0.146. The van der Waals surface area contributed by atoms with Crippen molar-refractivity contribution in [2.45, 2.75) is 44.5 Å². The summed E-state index contributed by atoms with van der Waals surface area (Å²) in [5.41, 5.74) is 4.97. The number of ether oxygens (including phenoxy) is 1. The monoisotopic (exact) mass is 475 g/mol. The first-order valence-corrected chi connectivity index (χ1v) is 12.8. The van der Waals surface area contributed by atoms with E-state index in [2.05, 4.69) is 108 Å². The van der Waals surface area contributed by atoms with Gasteiger partial charge in [-0.25, -0.2) is 0 Å². The second kappa shape index (κ2) is 11.8. The summed E-state index contributed by atoms with van der Waals surface area (Å²) in [7, 11) is 0. The van der Waals surface area contributed by atoms with Gasteiger partial charge in [0.1, 0.15) is 6.10 Å². The summed E-state index contributed by atoms with van der Waals surface area (Å²) in [5.74, 6) is -0.174. The third kappa shape index (κ3) is 6.30. The molecule has 3 nitrogen and oxygen atoms in total. The molecular weight excluding hydrogens is 442 g/mol. The van der Waals surface area contributed by atoms with Crippen LogP contribution in [0.2, 0.25) is 0 Å². The normalized spacial score (nSPS) is 18.2. The first-order chi connectivity index (χ1) is 17.7. The molecule has 0 bridgehead atoms. The fraction of sp³-hybridized carbons (Fsp3) is 0.242. The fourth-order valence-electron chi connectivity index (χ4n) is 5.25. The molecule has 1 aliphatic heterocycles. The zero-order chi connectivity index (χ0) is 24.6. The number of cyclic esters (lactones) is 1. The molecule has 36 heavy (non-hydrogen) atoms. The predicted molar refractivity (Wildman–Crippen MR) is 144 cm³/mol. The van der Waals surface area contributed by atoms with Crippen molar-refractivity contribution in [1.82, 2.24) is 4.90 Å². The number of carbonyl (C=O) groups is 1. The lowest BCUT2D eigenvalue weighted by atomic mass is 9.91. The number of hydrogen-bond acceptors (Lipinski definition) is 3. The second-order valence-electron chi connectivity index (χ2n) is 9.73. The minimum atomic E-state index is -0.154. The minimum absolute atomic E-state index is 0.0672. The van der Waals surface area contributed by atoms with Crippen LogP contribution in [0.4, 0.5) is 0 Å². The standard InChI is InChI=1S/C33H33NO2/c35-33-30(21-26-13-5-1-6-14-26)23-32(36-33)31(22-27-15-7-2-8-16-27)34(24-28-17-9-3-10-18-28)25-29-19-11-4-12-20-29/h1-20,30-32H,21-25H2/t30-,31+,32+/m1/s1. The van der Waals surface area contributed by atoms with Crippen LogP contribution in [0.15, 0.2) is 121 Å². The second-order valence-corrected chi connectivity index (χ2v) is 9.73. The third-order valence-corrected chi connectivity index (χ3v) is 7.09. The van der Waals surface area contributed by atoms with Crippen LogP contribution >= 0.6 is 0 Å². The van der Waals surface area contributed by atoms with Crippen LogP contribution < -0.4 is 0 Å². The molecule has 5 rings (SSSR count). The summed E-state index contributed by atoms with van der Waals surface area (Å²) in [6, 6.07) is 42.1. The van der Waals surface area contributed by atoms with Crippen molar-refractivity contribution in [2.75, 3.05) is 0 Å². The highest BCUT2D eigenvalue weighted by molar-refractivity contribution is 5.75. The molecule has 0 aromatic heterocycles. The maximum absolute atomic E-state index is 13.0. The average Bonchev–Trinajstić information content (AvgIpc) is 3.29. The Bertz CT molecular complexity index is 1170. The highest BCUT2D eigenvalue weighted by atomic mass is 16.6. The van der Waals surface area contributed by atoms with Crippen molar-refractivity contribution in [2.24, 2.45) is 5.92 Å². The maximum Gasteiger partial charge on any atom is 0.309 e.